The van der Waals surface area contributed by atoms with Gasteiger partial charge in [0.1, 0.15) is 0 Å². The number of benzene rings is 3. The summed E-state index contributed by atoms with van der Waals surface area (Å²) in [5.41, 5.74) is 4.66. The van der Waals surface area contributed by atoms with E-state index in [9.17, 15) is 9.59 Å². The third-order valence-corrected chi connectivity index (χ3v) is 4.18. The topological polar surface area (TPSA) is 58.2 Å². The van der Waals surface area contributed by atoms with E-state index in [0.29, 0.717) is 16.8 Å². The van der Waals surface area contributed by atoms with E-state index in [4.69, 9.17) is 0 Å². The molecule has 0 saturated carbocycles. The van der Waals surface area contributed by atoms with Gasteiger partial charge in [0, 0.05) is 22.5 Å². The third kappa shape index (κ3) is 4.16. The first-order chi connectivity index (χ1) is 12.5. The van der Waals surface area contributed by atoms with E-state index in [1.54, 1.807) is 36.4 Å². The van der Waals surface area contributed by atoms with Crippen LogP contribution in [0.25, 0.3) is 0 Å². The fourth-order valence-corrected chi connectivity index (χ4v) is 2.55. The van der Waals surface area contributed by atoms with Crippen molar-refractivity contribution in [2.24, 2.45) is 0 Å². The highest BCUT2D eigenvalue weighted by Crippen LogP contribution is 2.17. The van der Waals surface area contributed by atoms with Gasteiger partial charge in [-0.25, -0.2) is 0 Å². The largest absolute Gasteiger partial charge is 0.322 e. The quantitative estimate of drug-likeness (QED) is 0.714. The van der Waals surface area contributed by atoms with Gasteiger partial charge in [-0.1, -0.05) is 30.3 Å². The van der Waals surface area contributed by atoms with Crippen molar-refractivity contribution < 1.29 is 9.59 Å². The minimum Gasteiger partial charge on any atom is -0.322 e. The lowest BCUT2D eigenvalue weighted by Gasteiger charge is -2.10. The monoisotopic (exact) mass is 344 g/mol. The summed E-state index contributed by atoms with van der Waals surface area (Å²) in [6, 6.07) is 21.6. The van der Waals surface area contributed by atoms with Crippen molar-refractivity contribution >= 4 is 23.2 Å². The molecule has 0 aromatic heterocycles. The molecule has 0 saturated heterocycles. The van der Waals surface area contributed by atoms with Crippen LogP contribution < -0.4 is 10.6 Å². The lowest BCUT2D eigenvalue weighted by atomic mass is 10.1. The Morgan fingerprint density at radius 3 is 1.92 bits per heavy atom. The van der Waals surface area contributed by atoms with E-state index in [1.807, 2.05) is 50.2 Å². The summed E-state index contributed by atoms with van der Waals surface area (Å²) in [5, 5.41) is 5.70. The van der Waals surface area contributed by atoms with Crippen LogP contribution in [0.5, 0.6) is 0 Å². The maximum Gasteiger partial charge on any atom is 0.255 e. The summed E-state index contributed by atoms with van der Waals surface area (Å²) in [7, 11) is 0. The van der Waals surface area contributed by atoms with Crippen LogP contribution >= 0.6 is 0 Å². The van der Waals surface area contributed by atoms with Gasteiger partial charge >= 0.3 is 0 Å². The van der Waals surface area contributed by atoms with Gasteiger partial charge in [0.25, 0.3) is 11.8 Å². The highest BCUT2D eigenvalue weighted by Gasteiger charge is 2.10. The SMILES string of the molecule is Cc1ccc(NC(=O)c2cccc(NC(=O)c3ccccc3)c2)cc1C. The zero-order valence-corrected chi connectivity index (χ0v) is 14.7. The number of carbonyl (C=O) groups is 2. The normalized spacial score (nSPS) is 10.2. The van der Waals surface area contributed by atoms with Gasteiger partial charge in [0.15, 0.2) is 0 Å². The fraction of sp³-hybridized carbons (Fsp3) is 0.0909. The van der Waals surface area contributed by atoms with Crippen LogP contribution in [0.1, 0.15) is 31.8 Å². The van der Waals surface area contributed by atoms with E-state index in [-0.39, 0.29) is 11.8 Å². The van der Waals surface area contributed by atoms with Gasteiger partial charge < -0.3 is 10.6 Å². The molecular weight excluding hydrogens is 324 g/mol. The van der Waals surface area contributed by atoms with Crippen molar-refractivity contribution in [2.75, 3.05) is 10.6 Å². The van der Waals surface area contributed by atoms with Crippen molar-refractivity contribution in [3.63, 3.8) is 0 Å². The number of hydrogen-bond acceptors (Lipinski definition) is 2. The number of amides is 2. The van der Waals surface area contributed by atoms with Crippen LogP contribution in [0.4, 0.5) is 11.4 Å². The van der Waals surface area contributed by atoms with Crippen LogP contribution in [-0.4, -0.2) is 11.8 Å². The Balaban J connectivity index is 1.73. The molecule has 0 spiro atoms. The van der Waals surface area contributed by atoms with E-state index in [2.05, 4.69) is 10.6 Å². The molecule has 4 heteroatoms. The molecule has 130 valence electrons. The molecule has 0 aliphatic rings. The molecule has 0 aliphatic carbocycles. The Labute approximate surface area is 152 Å². The number of rotatable bonds is 4. The Hall–Kier alpha value is -3.40. The molecule has 3 aromatic rings. The molecule has 3 aromatic carbocycles. The predicted molar refractivity (Wildman–Crippen MR) is 105 cm³/mol. The Morgan fingerprint density at radius 2 is 1.23 bits per heavy atom. The predicted octanol–water partition coefficient (Wildman–Crippen LogP) is 4.81. The maximum absolute atomic E-state index is 12.5. The second-order valence-electron chi connectivity index (χ2n) is 6.15. The zero-order chi connectivity index (χ0) is 18.5. The Kier molecular flexibility index (Phi) is 5.13. The molecule has 0 fully saturated rings. The van der Waals surface area contributed by atoms with Crippen molar-refractivity contribution in [2.45, 2.75) is 13.8 Å². The molecule has 3 rings (SSSR count). The van der Waals surface area contributed by atoms with Gasteiger partial charge in [-0.3, -0.25) is 9.59 Å². The van der Waals surface area contributed by atoms with E-state index >= 15 is 0 Å². The van der Waals surface area contributed by atoms with Crippen LogP contribution in [0, 0.1) is 13.8 Å². The Morgan fingerprint density at radius 1 is 0.615 bits per heavy atom. The van der Waals surface area contributed by atoms with Crippen molar-refractivity contribution in [1.29, 1.82) is 0 Å². The van der Waals surface area contributed by atoms with Crippen molar-refractivity contribution in [1.82, 2.24) is 0 Å². The third-order valence-electron chi connectivity index (χ3n) is 4.18. The average molecular weight is 344 g/mol. The molecule has 26 heavy (non-hydrogen) atoms. The second-order valence-corrected chi connectivity index (χ2v) is 6.15. The van der Waals surface area contributed by atoms with Crippen LogP contribution in [0.2, 0.25) is 0 Å². The van der Waals surface area contributed by atoms with Crippen LogP contribution in [0.3, 0.4) is 0 Å². The van der Waals surface area contributed by atoms with Crippen molar-refractivity contribution in [3.8, 4) is 0 Å². The number of hydrogen-bond donors (Lipinski definition) is 2. The van der Waals surface area contributed by atoms with Gasteiger partial charge in [0.2, 0.25) is 0 Å². The lowest BCUT2D eigenvalue weighted by molar-refractivity contribution is 0.101. The summed E-state index contributed by atoms with van der Waals surface area (Å²) in [6.45, 7) is 4.03. The summed E-state index contributed by atoms with van der Waals surface area (Å²) < 4.78 is 0. The Bertz CT molecular complexity index is 949. The molecule has 0 heterocycles. The molecule has 0 bridgehead atoms. The molecule has 0 radical (unpaired) electrons. The molecule has 2 N–H and O–H groups in total. The summed E-state index contributed by atoms with van der Waals surface area (Å²) in [5.74, 6) is -0.429. The summed E-state index contributed by atoms with van der Waals surface area (Å²) >= 11 is 0. The van der Waals surface area contributed by atoms with Crippen LogP contribution in [0.15, 0.2) is 72.8 Å². The first-order valence-corrected chi connectivity index (χ1v) is 8.38. The smallest absolute Gasteiger partial charge is 0.255 e. The highest BCUT2D eigenvalue weighted by molar-refractivity contribution is 6.07. The molecule has 4 nitrogen and oxygen atoms in total. The number of carbonyl (C=O) groups excluding carboxylic acids is 2. The first kappa shape index (κ1) is 17.4. The van der Waals surface area contributed by atoms with Gasteiger partial charge in [0.05, 0.1) is 0 Å². The fourth-order valence-electron chi connectivity index (χ4n) is 2.55. The van der Waals surface area contributed by atoms with Crippen molar-refractivity contribution in [3.05, 3.63) is 95.1 Å². The highest BCUT2D eigenvalue weighted by atomic mass is 16.2. The van der Waals surface area contributed by atoms with E-state index in [0.717, 1.165) is 11.3 Å². The van der Waals surface area contributed by atoms with Crippen LogP contribution in [-0.2, 0) is 0 Å². The number of nitrogens with one attached hydrogen (secondary N) is 2. The second kappa shape index (κ2) is 7.66. The van der Waals surface area contributed by atoms with Gasteiger partial charge in [-0.15, -0.1) is 0 Å². The van der Waals surface area contributed by atoms with E-state index < -0.39 is 0 Å². The number of aryl methyl sites for hydroxylation is 2. The lowest BCUT2D eigenvalue weighted by Crippen LogP contribution is -2.14. The minimum absolute atomic E-state index is 0.211. The summed E-state index contributed by atoms with van der Waals surface area (Å²) in [6.07, 6.45) is 0. The number of anilines is 2. The molecule has 0 aliphatic heterocycles. The summed E-state index contributed by atoms with van der Waals surface area (Å²) in [4.78, 5) is 24.7. The van der Waals surface area contributed by atoms with Gasteiger partial charge in [-0.05, 0) is 67.4 Å². The molecule has 2 amide bonds. The molecular formula is C22H20N2O2. The maximum atomic E-state index is 12.5. The first-order valence-electron chi connectivity index (χ1n) is 8.38. The molecule has 0 atom stereocenters. The molecule has 0 unspecified atom stereocenters. The minimum atomic E-state index is -0.218. The zero-order valence-electron chi connectivity index (χ0n) is 14.7. The van der Waals surface area contributed by atoms with Gasteiger partial charge in [-0.2, -0.15) is 0 Å². The average Bonchev–Trinajstić information content (AvgIpc) is 2.65. The standard InChI is InChI=1S/C22H20N2O2/c1-15-11-12-20(13-16(15)2)24-22(26)18-9-6-10-19(14-18)23-21(25)17-7-4-3-5-8-17/h3-14H,1-2H3,(H,23,25)(H,24,26). The van der Waals surface area contributed by atoms with E-state index in [1.165, 1.54) is 5.56 Å².